The van der Waals surface area contributed by atoms with Crippen molar-refractivity contribution in [2.45, 2.75) is 59.2 Å². The highest BCUT2D eigenvalue weighted by Gasteiger charge is 2.34. The summed E-state index contributed by atoms with van der Waals surface area (Å²) in [7, 11) is 0. The van der Waals surface area contributed by atoms with Crippen LogP contribution in [0.1, 0.15) is 46.6 Å². The maximum absolute atomic E-state index is 12.1. The standard InChI is InChI=1S/C19H30N2O2/c1-18(2,3)23-17(22)20-16-11-19(4,5)14-21(13-16)12-15-9-7-6-8-10-15/h6-10,16H,11-14H2,1-5H3,(H,20,22)/t16-/m1/s1. The van der Waals surface area contributed by atoms with Gasteiger partial charge in [0.15, 0.2) is 0 Å². The lowest BCUT2D eigenvalue weighted by Gasteiger charge is -2.42. The predicted molar refractivity (Wildman–Crippen MR) is 93.3 cm³/mol. The summed E-state index contributed by atoms with van der Waals surface area (Å²) >= 11 is 0. The van der Waals surface area contributed by atoms with Crippen LogP contribution in [0.2, 0.25) is 0 Å². The molecule has 1 N–H and O–H groups in total. The molecule has 4 heteroatoms. The second-order valence-electron chi connectivity index (χ2n) is 8.37. The molecule has 0 spiro atoms. The second kappa shape index (κ2) is 6.91. The number of nitrogens with one attached hydrogen (secondary N) is 1. The Kier molecular flexibility index (Phi) is 5.35. The summed E-state index contributed by atoms with van der Waals surface area (Å²) in [4.78, 5) is 14.5. The smallest absolute Gasteiger partial charge is 0.407 e. The van der Waals surface area contributed by atoms with Gasteiger partial charge in [-0.2, -0.15) is 0 Å². The number of piperidine rings is 1. The first kappa shape index (κ1) is 17.8. The highest BCUT2D eigenvalue weighted by molar-refractivity contribution is 5.68. The molecule has 1 fully saturated rings. The molecule has 0 unspecified atom stereocenters. The van der Waals surface area contributed by atoms with Gasteiger partial charge in [0.05, 0.1) is 0 Å². The Morgan fingerprint density at radius 1 is 1.30 bits per heavy atom. The van der Waals surface area contributed by atoms with Gasteiger partial charge in [0.2, 0.25) is 0 Å². The average Bonchev–Trinajstić information content (AvgIpc) is 2.35. The van der Waals surface area contributed by atoms with E-state index in [0.29, 0.717) is 0 Å². The van der Waals surface area contributed by atoms with Crippen molar-refractivity contribution in [2.24, 2.45) is 5.41 Å². The number of alkyl carbamates (subject to hydrolysis) is 1. The number of amides is 1. The summed E-state index contributed by atoms with van der Waals surface area (Å²) in [6.07, 6.45) is 0.650. The van der Waals surface area contributed by atoms with Crippen LogP contribution in [0, 0.1) is 5.41 Å². The van der Waals surface area contributed by atoms with Gasteiger partial charge in [-0.25, -0.2) is 4.79 Å². The molecule has 1 heterocycles. The molecule has 0 aliphatic carbocycles. The topological polar surface area (TPSA) is 41.6 Å². The molecule has 1 amide bonds. The predicted octanol–water partition coefficient (Wildman–Crippen LogP) is 3.81. The molecule has 1 aliphatic rings. The van der Waals surface area contributed by atoms with Gasteiger partial charge in [0.1, 0.15) is 5.60 Å². The molecule has 1 aliphatic heterocycles. The third kappa shape index (κ3) is 6.22. The zero-order chi connectivity index (χ0) is 17.1. The van der Waals surface area contributed by atoms with E-state index in [0.717, 1.165) is 26.1 Å². The SMILES string of the molecule is CC1(C)C[C@@H](NC(=O)OC(C)(C)C)CN(Cc2ccccc2)C1. The summed E-state index contributed by atoms with van der Waals surface area (Å²) in [5, 5.41) is 3.04. The maximum Gasteiger partial charge on any atom is 0.407 e. The van der Waals surface area contributed by atoms with E-state index >= 15 is 0 Å². The Labute approximate surface area is 140 Å². The Hall–Kier alpha value is -1.55. The van der Waals surface area contributed by atoms with Crippen LogP contribution in [0.5, 0.6) is 0 Å². The monoisotopic (exact) mass is 318 g/mol. The van der Waals surface area contributed by atoms with Crippen LogP contribution in [0.4, 0.5) is 4.79 Å². The van der Waals surface area contributed by atoms with E-state index in [1.54, 1.807) is 0 Å². The molecule has 1 aromatic rings. The summed E-state index contributed by atoms with van der Waals surface area (Å²) in [5.74, 6) is 0. The van der Waals surface area contributed by atoms with Crippen molar-refractivity contribution in [1.29, 1.82) is 0 Å². The minimum absolute atomic E-state index is 0.123. The Bertz CT molecular complexity index is 520. The molecule has 1 saturated heterocycles. The zero-order valence-corrected chi connectivity index (χ0v) is 15.1. The first-order valence-corrected chi connectivity index (χ1v) is 8.39. The van der Waals surface area contributed by atoms with Gasteiger partial charge in [0, 0.05) is 25.7 Å². The van der Waals surface area contributed by atoms with E-state index in [9.17, 15) is 4.79 Å². The molecule has 4 nitrogen and oxygen atoms in total. The van der Waals surface area contributed by atoms with E-state index in [4.69, 9.17) is 4.74 Å². The van der Waals surface area contributed by atoms with Crippen molar-refractivity contribution in [1.82, 2.24) is 10.2 Å². The molecule has 2 rings (SSSR count). The lowest BCUT2D eigenvalue weighted by atomic mass is 9.81. The van der Waals surface area contributed by atoms with Crippen LogP contribution in [0.25, 0.3) is 0 Å². The summed E-state index contributed by atoms with van der Waals surface area (Å²) in [6, 6.07) is 10.6. The number of benzene rings is 1. The lowest BCUT2D eigenvalue weighted by molar-refractivity contribution is 0.0381. The molecule has 0 aromatic heterocycles. The summed E-state index contributed by atoms with van der Waals surface area (Å²) in [5.41, 5.74) is 1.02. The molecule has 128 valence electrons. The minimum atomic E-state index is -0.460. The van der Waals surface area contributed by atoms with Gasteiger partial charge in [-0.05, 0) is 38.2 Å². The number of hydrogen-bond acceptors (Lipinski definition) is 3. The Balaban J connectivity index is 1.97. The third-order valence-corrected chi connectivity index (χ3v) is 3.90. The van der Waals surface area contributed by atoms with Gasteiger partial charge in [0.25, 0.3) is 0 Å². The van der Waals surface area contributed by atoms with Gasteiger partial charge in [-0.15, -0.1) is 0 Å². The Morgan fingerprint density at radius 2 is 1.96 bits per heavy atom. The first-order valence-electron chi connectivity index (χ1n) is 8.39. The number of carbonyl (C=O) groups is 1. The van der Waals surface area contributed by atoms with Gasteiger partial charge in [-0.3, -0.25) is 4.90 Å². The van der Waals surface area contributed by atoms with Crippen LogP contribution < -0.4 is 5.32 Å². The van der Waals surface area contributed by atoms with Crippen molar-refractivity contribution in [2.75, 3.05) is 13.1 Å². The van der Waals surface area contributed by atoms with E-state index in [1.165, 1.54) is 5.56 Å². The van der Waals surface area contributed by atoms with E-state index < -0.39 is 5.60 Å². The molecule has 1 aromatic carbocycles. The van der Waals surface area contributed by atoms with E-state index in [-0.39, 0.29) is 17.6 Å². The zero-order valence-electron chi connectivity index (χ0n) is 15.1. The first-order chi connectivity index (χ1) is 10.6. The molecule has 23 heavy (non-hydrogen) atoms. The summed E-state index contributed by atoms with van der Waals surface area (Å²) < 4.78 is 5.39. The molecule has 1 atom stereocenters. The second-order valence-corrected chi connectivity index (χ2v) is 8.37. The highest BCUT2D eigenvalue weighted by atomic mass is 16.6. The minimum Gasteiger partial charge on any atom is -0.444 e. The number of hydrogen-bond donors (Lipinski definition) is 1. The number of rotatable bonds is 3. The van der Waals surface area contributed by atoms with Crippen LogP contribution >= 0.6 is 0 Å². The third-order valence-electron chi connectivity index (χ3n) is 3.90. The van der Waals surface area contributed by atoms with Crippen LogP contribution in [0.15, 0.2) is 30.3 Å². The van der Waals surface area contributed by atoms with Crippen molar-refractivity contribution >= 4 is 6.09 Å². The highest BCUT2D eigenvalue weighted by Crippen LogP contribution is 2.29. The van der Waals surface area contributed by atoms with Crippen molar-refractivity contribution in [3.63, 3.8) is 0 Å². The fourth-order valence-electron chi connectivity index (χ4n) is 3.31. The molecular weight excluding hydrogens is 288 g/mol. The van der Waals surface area contributed by atoms with Crippen molar-refractivity contribution in [3.05, 3.63) is 35.9 Å². The quantitative estimate of drug-likeness (QED) is 0.921. The number of ether oxygens (including phenoxy) is 1. The van der Waals surface area contributed by atoms with Gasteiger partial charge in [-0.1, -0.05) is 44.2 Å². The fraction of sp³-hybridized carbons (Fsp3) is 0.632. The van der Waals surface area contributed by atoms with Crippen molar-refractivity contribution < 1.29 is 9.53 Å². The largest absolute Gasteiger partial charge is 0.444 e. The molecule has 0 radical (unpaired) electrons. The molecule has 0 saturated carbocycles. The van der Waals surface area contributed by atoms with Gasteiger partial charge >= 0.3 is 6.09 Å². The molecular formula is C19H30N2O2. The van der Waals surface area contributed by atoms with Crippen LogP contribution in [-0.2, 0) is 11.3 Å². The van der Waals surface area contributed by atoms with Crippen LogP contribution in [0.3, 0.4) is 0 Å². The lowest BCUT2D eigenvalue weighted by Crippen LogP contribution is -2.53. The van der Waals surface area contributed by atoms with E-state index in [1.807, 2.05) is 26.8 Å². The fourth-order valence-corrected chi connectivity index (χ4v) is 3.31. The van der Waals surface area contributed by atoms with Crippen LogP contribution in [-0.4, -0.2) is 35.7 Å². The number of carbonyl (C=O) groups excluding carboxylic acids is 1. The average molecular weight is 318 g/mol. The van der Waals surface area contributed by atoms with Gasteiger partial charge < -0.3 is 10.1 Å². The molecule has 0 bridgehead atoms. The maximum atomic E-state index is 12.1. The number of nitrogens with zero attached hydrogens (tertiary/aromatic N) is 1. The normalized spacial score (nSPS) is 21.7. The summed E-state index contributed by atoms with van der Waals surface area (Å²) in [6.45, 7) is 13.0. The Morgan fingerprint density at radius 3 is 2.57 bits per heavy atom. The van der Waals surface area contributed by atoms with Crippen molar-refractivity contribution in [3.8, 4) is 0 Å². The number of likely N-dealkylation sites (tertiary alicyclic amines) is 1. The van der Waals surface area contributed by atoms with E-state index in [2.05, 4.69) is 48.3 Å².